The van der Waals surface area contributed by atoms with E-state index in [1.54, 1.807) is 50.0 Å². The molecule has 1 aliphatic heterocycles. The van der Waals surface area contributed by atoms with Gasteiger partial charge in [0.15, 0.2) is 0 Å². The number of benzene rings is 3. The molecule has 5 rings (SSSR count). The van der Waals surface area contributed by atoms with E-state index in [1.807, 2.05) is 18.2 Å². The Kier molecular flexibility index (Phi) is 8.28. The predicted octanol–water partition coefficient (Wildman–Crippen LogP) is 5.63. The van der Waals surface area contributed by atoms with Crippen molar-refractivity contribution in [2.24, 2.45) is 7.05 Å². The first-order valence-electron chi connectivity index (χ1n) is 13.0. The molecule has 1 saturated heterocycles. The Labute approximate surface area is 239 Å². The number of methoxy groups -OCH3 is 3. The van der Waals surface area contributed by atoms with Gasteiger partial charge in [-0.25, -0.2) is 4.79 Å². The molecular formula is C29H30F3N3O7. The Morgan fingerprint density at radius 1 is 0.929 bits per heavy atom. The van der Waals surface area contributed by atoms with E-state index in [1.165, 1.54) is 26.4 Å². The minimum Gasteiger partial charge on any atom is -0.416 e. The van der Waals surface area contributed by atoms with Gasteiger partial charge in [0, 0.05) is 50.4 Å². The summed E-state index contributed by atoms with van der Waals surface area (Å²) >= 11 is 0. The van der Waals surface area contributed by atoms with E-state index in [0.717, 1.165) is 21.9 Å². The van der Waals surface area contributed by atoms with Gasteiger partial charge in [-0.05, 0) is 54.8 Å². The number of carbonyl (C=O) groups is 1. The van der Waals surface area contributed by atoms with Crippen LogP contribution < -0.4 is 10.1 Å². The van der Waals surface area contributed by atoms with Crippen molar-refractivity contribution in [3.8, 4) is 17.0 Å². The van der Waals surface area contributed by atoms with Gasteiger partial charge in [-0.15, -0.1) is 13.2 Å². The second-order valence-corrected chi connectivity index (χ2v) is 9.78. The van der Waals surface area contributed by atoms with Crippen LogP contribution in [0, 0.1) is 0 Å². The summed E-state index contributed by atoms with van der Waals surface area (Å²) in [5.41, 5.74) is 2.59. The number of hydrogen-bond acceptors (Lipinski definition) is 8. The average molecular weight is 590 g/mol. The molecule has 0 bridgehead atoms. The van der Waals surface area contributed by atoms with E-state index in [-0.39, 0.29) is 5.75 Å². The molecule has 0 spiro atoms. The molecule has 13 heteroatoms. The Morgan fingerprint density at radius 3 is 2.24 bits per heavy atom. The summed E-state index contributed by atoms with van der Waals surface area (Å²) < 4.78 is 71.3. The normalized spacial score (nSPS) is 22.8. The third-order valence-electron chi connectivity index (χ3n) is 7.19. The van der Waals surface area contributed by atoms with Crippen LogP contribution in [0.25, 0.3) is 32.9 Å². The van der Waals surface area contributed by atoms with Crippen molar-refractivity contribution in [1.29, 1.82) is 0 Å². The van der Waals surface area contributed by atoms with Crippen LogP contribution in [-0.2, 0) is 30.7 Å². The molecule has 3 aromatic carbocycles. The van der Waals surface area contributed by atoms with Gasteiger partial charge in [0.2, 0.25) is 6.29 Å². The highest BCUT2D eigenvalue weighted by molar-refractivity contribution is 6.10. The lowest BCUT2D eigenvalue weighted by atomic mass is 9.99. The number of hydrogen-bond donors (Lipinski definition) is 1. The number of fused-ring (bicyclic) bond motifs is 3. The van der Waals surface area contributed by atoms with Gasteiger partial charge in [0.25, 0.3) is 0 Å². The van der Waals surface area contributed by atoms with Gasteiger partial charge < -0.3 is 28.4 Å². The third kappa shape index (κ3) is 5.86. The number of nitrogens with zero attached hydrogens (tertiary/aromatic N) is 2. The van der Waals surface area contributed by atoms with Gasteiger partial charge >= 0.3 is 12.5 Å². The van der Waals surface area contributed by atoms with Gasteiger partial charge in [-0.3, -0.25) is 10.00 Å². The topological polar surface area (TPSA) is 102 Å². The SMILES string of the molecule is CO[C@@H]1[C@@H](OC)[C@H](C)O[C@@H](OC(=O)Nc2ccc3c(ccc4c(-c5ccc(OC(F)(F)F)cc5)n(C)nc43)c2)[C@@H]1OC. The lowest BCUT2D eigenvalue weighted by Gasteiger charge is -2.43. The molecule has 0 radical (unpaired) electrons. The molecule has 5 atom stereocenters. The van der Waals surface area contributed by atoms with Crippen molar-refractivity contribution in [3.05, 3.63) is 54.6 Å². The van der Waals surface area contributed by atoms with Crippen LogP contribution in [0.3, 0.4) is 0 Å². The van der Waals surface area contributed by atoms with Crippen LogP contribution >= 0.6 is 0 Å². The number of aromatic nitrogens is 2. The minimum atomic E-state index is -4.76. The zero-order valence-corrected chi connectivity index (χ0v) is 23.5. The maximum Gasteiger partial charge on any atom is 0.573 e. The number of halogens is 3. The van der Waals surface area contributed by atoms with Crippen molar-refractivity contribution in [1.82, 2.24) is 9.78 Å². The van der Waals surface area contributed by atoms with Crippen LogP contribution in [0.2, 0.25) is 0 Å². The number of alkyl halides is 3. The standard InChI is InChI=1S/C29H30F3N3O7/c1-15-24(37-3)25(38-4)26(39-5)27(40-15)41-28(36)33-18-9-13-20-17(14-18)8-12-21-22(20)34-35(2)23(21)16-6-10-19(11-7-16)42-29(30,31)32/h6-15,24-27H,1-5H3,(H,33,36)/t15-,24-,25+,26+,27-/m0/s1. The highest BCUT2D eigenvalue weighted by Crippen LogP contribution is 2.35. The zero-order valence-electron chi connectivity index (χ0n) is 23.5. The number of nitrogens with one attached hydrogen (secondary N) is 1. The maximum absolute atomic E-state index is 12.8. The monoisotopic (exact) mass is 589 g/mol. The number of rotatable bonds is 7. The summed E-state index contributed by atoms with van der Waals surface area (Å²) in [5, 5.41) is 9.82. The molecule has 1 N–H and O–H groups in total. The fraction of sp³-hybridized carbons (Fsp3) is 0.379. The highest BCUT2D eigenvalue weighted by atomic mass is 19.4. The van der Waals surface area contributed by atoms with Crippen LogP contribution in [0.1, 0.15) is 6.92 Å². The molecule has 2 heterocycles. The van der Waals surface area contributed by atoms with Crippen molar-refractivity contribution in [2.75, 3.05) is 26.6 Å². The van der Waals surface area contributed by atoms with E-state index in [9.17, 15) is 18.0 Å². The Morgan fingerprint density at radius 2 is 1.60 bits per heavy atom. The van der Waals surface area contributed by atoms with Crippen molar-refractivity contribution < 1.29 is 46.4 Å². The van der Waals surface area contributed by atoms with Gasteiger partial charge in [0.05, 0.1) is 11.8 Å². The summed E-state index contributed by atoms with van der Waals surface area (Å²) in [6.45, 7) is 1.80. The van der Waals surface area contributed by atoms with Crippen LogP contribution in [0.5, 0.6) is 5.75 Å². The molecule has 4 aromatic rings. The predicted molar refractivity (Wildman–Crippen MR) is 147 cm³/mol. The largest absolute Gasteiger partial charge is 0.573 e. The number of aryl methyl sites for hydroxylation is 1. The van der Waals surface area contributed by atoms with E-state index in [4.69, 9.17) is 23.7 Å². The summed E-state index contributed by atoms with van der Waals surface area (Å²) in [6.07, 6.45) is -8.57. The van der Waals surface area contributed by atoms with Gasteiger partial charge in [0.1, 0.15) is 29.6 Å². The van der Waals surface area contributed by atoms with Crippen LogP contribution in [0.15, 0.2) is 54.6 Å². The van der Waals surface area contributed by atoms with Gasteiger partial charge in [-0.1, -0.05) is 12.1 Å². The Bertz CT molecular complexity index is 1580. The molecule has 224 valence electrons. The minimum absolute atomic E-state index is 0.304. The quantitative estimate of drug-likeness (QED) is 0.296. The van der Waals surface area contributed by atoms with E-state index < -0.39 is 43.2 Å². The summed E-state index contributed by atoms with van der Waals surface area (Å²) in [6, 6.07) is 14.7. The van der Waals surface area contributed by atoms with E-state index in [2.05, 4.69) is 15.2 Å². The lowest BCUT2D eigenvalue weighted by Crippen LogP contribution is -2.59. The second-order valence-electron chi connectivity index (χ2n) is 9.78. The first-order valence-corrected chi connectivity index (χ1v) is 13.0. The van der Waals surface area contributed by atoms with Crippen LogP contribution in [-0.4, -0.2) is 74.3 Å². The maximum atomic E-state index is 12.8. The highest BCUT2D eigenvalue weighted by Gasteiger charge is 2.47. The second kappa shape index (κ2) is 11.8. The van der Waals surface area contributed by atoms with Crippen molar-refractivity contribution >= 4 is 33.5 Å². The smallest absolute Gasteiger partial charge is 0.416 e. The zero-order chi connectivity index (χ0) is 30.2. The fourth-order valence-electron chi connectivity index (χ4n) is 5.38. The molecule has 10 nitrogen and oxygen atoms in total. The average Bonchev–Trinajstić information content (AvgIpc) is 3.28. The molecule has 0 aliphatic carbocycles. The Balaban J connectivity index is 1.35. The lowest BCUT2D eigenvalue weighted by molar-refractivity contribution is -0.288. The van der Waals surface area contributed by atoms with Gasteiger partial charge in [-0.2, -0.15) is 5.10 Å². The summed E-state index contributed by atoms with van der Waals surface area (Å²) in [5.74, 6) is -0.304. The van der Waals surface area contributed by atoms with E-state index >= 15 is 0 Å². The number of carbonyl (C=O) groups excluding carboxylic acids is 1. The molecular weight excluding hydrogens is 559 g/mol. The summed E-state index contributed by atoms with van der Waals surface area (Å²) in [4.78, 5) is 12.8. The number of anilines is 1. The first kappa shape index (κ1) is 29.6. The fourth-order valence-corrected chi connectivity index (χ4v) is 5.38. The molecule has 1 aromatic heterocycles. The number of amides is 1. The molecule has 1 aliphatic rings. The molecule has 1 fully saturated rings. The molecule has 0 saturated carbocycles. The van der Waals surface area contributed by atoms with Crippen molar-refractivity contribution in [2.45, 2.75) is 44.0 Å². The molecule has 0 unspecified atom stereocenters. The third-order valence-corrected chi connectivity index (χ3v) is 7.19. The summed E-state index contributed by atoms with van der Waals surface area (Å²) in [7, 11) is 6.31. The first-order chi connectivity index (χ1) is 20.0. The molecule has 42 heavy (non-hydrogen) atoms. The van der Waals surface area contributed by atoms with E-state index in [0.29, 0.717) is 16.8 Å². The van der Waals surface area contributed by atoms with Crippen LogP contribution in [0.4, 0.5) is 23.7 Å². The Hall–Kier alpha value is -3.91. The van der Waals surface area contributed by atoms with Crippen molar-refractivity contribution in [3.63, 3.8) is 0 Å². The number of ether oxygens (including phenoxy) is 6. The molecule has 1 amide bonds.